The number of imidazole rings is 1. The van der Waals surface area contributed by atoms with Crippen molar-refractivity contribution in [3.05, 3.63) is 52.8 Å². The fraction of sp³-hybridized carbons (Fsp3) is 0.300. The Bertz CT molecular complexity index is 926. The van der Waals surface area contributed by atoms with Crippen LogP contribution in [-0.4, -0.2) is 38.6 Å². The van der Waals surface area contributed by atoms with Gasteiger partial charge in [-0.2, -0.15) is 0 Å². The Morgan fingerprint density at radius 1 is 1.26 bits per heavy atom. The Balaban J connectivity index is 1.79. The average molecular weight is 431 g/mol. The molecule has 0 unspecified atom stereocenters. The van der Waals surface area contributed by atoms with E-state index in [1.54, 1.807) is 18.1 Å². The number of aromatic amines is 2. The molecule has 0 radical (unpaired) electrons. The second-order valence-corrected chi connectivity index (χ2v) is 8.23. The third-order valence-corrected chi connectivity index (χ3v) is 4.67. The van der Waals surface area contributed by atoms with Gasteiger partial charge >= 0.3 is 6.09 Å². The Labute approximate surface area is 167 Å². The number of rotatable bonds is 4. The predicted molar refractivity (Wildman–Crippen MR) is 109 cm³/mol. The lowest BCUT2D eigenvalue weighted by Crippen LogP contribution is -2.33. The van der Waals surface area contributed by atoms with E-state index in [-0.39, 0.29) is 6.09 Å². The third kappa shape index (κ3) is 4.80. The van der Waals surface area contributed by atoms with Crippen molar-refractivity contribution in [2.45, 2.75) is 32.9 Å². The Hall–Kier alpha value is -2.54. The zero-order chi connectivity index (χ0) is 19.6. The van der Waals surface area contributed by atoms with E-state index in [9.17, 15) is 4.79 Å². The van der Waals surface area contributed by atoms with Crippen LogP contribution in [0.1, 0.15) is 26.3 Å². The topological polar surface area (TPSA) is 74.0 Å². The number of nitrogens with one attached hydrogen (secondary N) is 2. The van der Waals surface area contributed by atoms with E-state index < -0.39 is 5.60 Å². The number of carbonyl (C=O) groups excluding carboxylic acids is 1. The monoisotopic (exact) mass is 430 g/mol. The van der Waals surface area contributed by atoms with Crippen molar-refractivity contribution in [1.82, 2.24) is 19.9 Å². The molecule has 1 aromatic carbocycles. The maximum Gasteiger partial charge on any atom is 0.410 e. The second kappa shape index (κ2) is 7.60. The van der Waals surface area contributed by atoms with Crippen molar-refractivity contribution < 1.29 is 9.53 Å². The molecule has 0 aliphatic rings. The number of halogens is 1. The van der Waals surface area contributed by atoms with E-state index in [4.69, 9.17) is 4.74 Å². The molecule has 7 heteroatoms. The molecule has 2 heterocycles. The Morgan fingerprint density at radius 2 is 2.04 bits per heavy atom. The third-order valence-electron chi connectivity index (χ3n) is 3.90. The highest BCUT2D eigenvalue weighted by Gasteiger charge is 2.20. The SMILES string of the molecule is CN(Cc1cc(-c2cnc(-c3ccc[nH]3)[nH]2)ccc1Br)C(=O)OC(C)(C)C. The standard InChI is InChI=1S/C20H23BrN4O2/c1-20(2,3)27-19(26)25(4)12-14-10-13(7-8-15(14)21)17-11-23-18(24-17)16-6-5-9-22-16/h5-11,22H,12H2,1-4H3,(H,23,24). The average Bonchev–Trinajstić information content (AvgIpc) is 3.26. The lowest BCUT2D eigenvalue weighted by molar-refractivity contribution is 0.0285. The van der Waals surface area contributed by atoms with Crippen LogP contribution in [-0.2, 0) is 11.3 Å². The minimum Gasteiger partial charge on any atom is -0.444 e. The van der Waals surface area contributed by atoms with E-state index in [0.29, 0.717) is 6.54 Å². The molecular formula is C20H23BrN4O2. The summed E-state index contributed by atoms with van der Waals surface area (Å²) in [6.07, 6.45) is 3.32. The van der Waals surface area contributed by atoms with Gasteiger partial charge in [0.1, 0.15) is 5.60 Å². The molecule has 0 bridgehead atoms. The minimum atomic E-state index is -0.519. The molecule has 0 atom stereocenters. The summed E-state index contributed by atoms with van der Waals surface area (Å²) in [6.45, 7) is 6.00. The van der Waals surface area contributed by atoms with Gasteiger partial charge in [-0.3, -0.25) is 0 Å². The van der Waals surface area contributed by atoms with Crippen molar-refractivity contribution in [2.24, 2.45) is 0 Å². The summed E-state index contributed by atoms with van der Waals surface area (Å²) in [5, 5.41) is 0. The van der Waals surface area contributed by atoms with Gasteiger partial charge in [-0.1, -0.05) is 22.0 Å². The normalized spacial score (nSPS) is 11.4. The van der Waals surface area contributed by atoms with Crippen LogP contribution in [0.25, 0.3) is 22.8 Å². The van der Waals surface area contributed by atoms with E-state index in [1.807, 2.05) is 57.3 Å². The van der Waals surface area contributed by atoms with Crippen LogP contribution in [0.5, 0.6) is 0 Å². The van der Waals surface area contributed by atoms with Crippen LogP contribution >= 0.6 is 15.9 Å². The van der Waals surface area contributed by atoms with Crippen LogP contribution in [0.2, 0.25) is 0 Å². The van der Waals surface area contributed by atoms with Gasteiger partial charge in [0, 0.05) is 24.3 Å². The first-order valence-electron chi connectivity index (χ1n) is 8.64. The van der Waals surface area contributed by atoms with Gasteiger partial charge in [0.25, 0.3) is 0 Å². The van der Waals surface area contributed by atoms with Crippen molar-refractivity contribution in [3.63, 3.8) is 0 Å². The molecule has 0 aliphatic heterocycles. The van der Waals surface area contributed by atoms with Crippen molar-refractivity contribution in [1.29, 1.82) is 0 Å². The molecule has 0 fully saturated rings. The summed E-state index contributed by atoms with van der Waals surface area (Å²) in [7, 11) is 1.73. The van der Waals surface area contributed by atoms with Gasteiger partial charge < -0.3 is 19.6 Å². The maximum absolute atomic E-state index is 12.2. The smallest absolute Gasteiger partial charge is 0.410 e. The highest BCUT2D eigenvalue weighted by atomic mass is 79.9. The number of carbonyl (C=O) groups is 1. The number of ether oxygens (including phenoxy) is 1. The Kier molecular flexibility index (Phi) is 5.41. The first-order chi connectivity index (χ1) is 12.7. The second-order valence-electron chi connectivity index (χ2n) is 7.37. The maximum atomic E-state index is 12.2. The molecule has 0 aliphatic carbocycles. The molecule has 142 valence electrons. The molecule has 2 N–H and O–H groups in total. The number of benzene rings is 1. The number of H-pyrrole nitrogens is 2. The number of hydrogen-bond donors (Lipinski definition) is 2. The van der Waals surface area contributed by atoms with E-state index in [2.05, 4.69) is 30.9 Å². The number of amides is 1. The summed E-state index contributed by atoms with van der Waals surface area (Å²) < 4.78 is 6.36. The van der Waals surface area contributed by atoms with Gasteiger partial charge in [0.15, 0.2) is 5.82 Å². The number of nitrogens with zero attached hydrogens (tertiary/aromatic N) is 2. The van der Waals surface area contributed by atoms with Crippen molar-refractivity contribution in [2.75, 3.05) is 7.05 Å². The number of aromatic nitrogens is 3. The zero-order valence-corrected chi connectivity index (χ0v) is 17.4. The lowest BCUT2D eigenvalue weighted by Gasteiger charge is -2.25. The molecule has 2 aromatic heterocycles. The molecule has 6 nitrogen and oxygen atoms in total. The van der Waals surface area contributed by atoms with Crippen molar-refractivity contribution >= 4 is 22.0 Å². The summed E-state index contributed by atoms with van der Waals surface area (Å²) in [6, 6.07) is 9.92. The van der Waals surface area contributed by atoms with Crippen LogP contribution in [0, 0.1) is 0 Å². The summed E-state index contributed by atoms with van der Waals surface area (Å²) in [5.74, 6) is 0.783. The zero-order valence-electron chi connectivity index (χ0n) is 15.8. The van der Waals surface area contributed by atoms with Crippen molar-refractivity contribution in [3.8, 4) is 22.8 Å². The molecular weight excluding hydrogens is 408 g/mol. The molecule has 1 amide bonds. The molecule has 0 spiro atoms. The van der Waals surface area contributed by atoms with Gasteiger partial charge in [-0.15, -0.1) is 0 Å². The fourth-order valence-electron chi connectivity index (χ4n) is 2.61. The fourth-order valence-corrected chi connectivity index (χ4v) is 2.98. The van der Waals surface area contributed by atoms with Crippen LogP contribution < -0.4 is 0 Å². The summed E-state index contributed by atoms with van der Waals surface area (Å²) >= 11 is 3.57. The largest absolute Gasteiger partial charge is 0.444 e. The summed E-state index contributed by atoms with van der Waals surface area (Å²) in [4.78, 5) is 24.7. The minimum absolute atomic E-state index is 0.352. The van der Waals surface area contributed by atoms with Crippen LogP contribution in [0.3, 0.4) is 0 Å². The van der Waals surface area contributed by atoms with Crippen LogP contribution in [0.15, 0.2) is 47.2 Å². The Morgan fingerprint density at radius 3 is 2.70 bits per heavy atom. The molecule has 0 saturated heterocycles. The van der Waals surface area contributed by atoms with Gasteiger partial charge in [-0.25, -0.2) is 9.78 Å². The molecule has 3 aromatic rings. The molecule has 3 rings (SSSR count). The van der Waals surface area contributed by atoms with Gasteiger partial charge in [0.2, 0.25) is 0 Å². The van der Waals surface area contributed by atoms with Crippen LogP contribution in [0.4, 0.5) is 4.79 Å². The first-order valence-corrected chi connectivity index (χ1v) is 9.44. The van der Waals surface area contributed by atoms with E-state index in [1.165, 1.54) is 0 Å². The quantitative estimate of drug-likeness (QED) is 0.596. The highest BCUT2D eigenvalue weighted by Crippen LogP contribution is 2.27. The highest BCUT2D eigenvalue weighted by molar-refractivity contribution is 9.10. The number of hydrogen-bond acceptors (Lipinski definition) is 3. The van der Waals surface area contributed by atoms with E-state index >= 15 is 0 Å². The summed E-state index contributed by atoms with van der Waals surface area (Å²) in [5.41, 5.74) is 3.30. The first kappa shape index (κ1) is 19.2. The lowest BCUT2D eigenvalue weighted by atomic mass is 10.1. The predicted octanol–water partition coefficient (Wildman–Crippen LogP) is 5.20. The van der Waals surface area contributed by atoms with Gasteiger partial charge in [-0.05, 0) is 56.2 Å². The van der Waals surface area contributed by atoms with Gasteiger partial charge in [0.05, 0.1) is 17.6 Å². The molecule has 27 heavy (non-hydrogen) atoms. The molecule has 0 saturated carbocycles. The van der Waals surface area contributed by atoms with E-state index in [0.717, 1.165) is 32.8 Å².